The van der Waals surface area contributed by atoms with E-state index in [0.29, 0.717) is 18.4 Å². The predicted molar refractivity (Wildman–Crippen MR) is 272 cm³/mol. The van der Waals surface area contributed by atoms with Crippen LogP contribution in [0.25, 0.3) is 0 Å². The summed E-state index contributed by atoms with van der Waals surface area (Å²) in [5.74, 6) is -13.9. The molecule has 1 rings (SSSR count). The third-order valence-corrected chi connectivity index (χ3v) is 10.6. The van der Waals surface area contributed by atoms with Gasteiger partial charge < -0.3 is 103 Å². The smallest absolute Gasteiger partial charge is 0.326 e. The first-order valence-corrected chi connectivity index (χ1v) is 24.1. The molecule has 0 aliphatic heterocycles. The van der Waals surface area contributed by atoms with Crippen LogP contribution in [0, 0.1) is 0 Å². The van der Waals surface area contributed by atoms with Crippen LogP contribution in [0.2, 0.25) is 0 Å². The fourth-order valence-corrected chi connectivity index (χ4v) is 6.14. The zero-order chi connectivity index (χ0) is 59.7. The van der Waals surface area contributed by atoms with Gasteiger partial charge in [-0.05, 0) is 58.1 Å². The molecule has 1 aromatic carbocycles. The highest BCUT2D eigenvalue weighted by Gasteiger charge is 2.33. The number of carboxylic acid groups (broad SMARTS) is 1. The molecule has 33 nitrogen and oxygen atoms in total. The average molecular weight is 1110 g/mol. The lowest BCUT2D eigenvalue weighted by molar-refractivity contribution is -0.142. The van der Waals surface area contributed by atoms with Crippen molar-refractivity contribution in [3.8, 4) is 0 Å². The number of primary amides is 4. The minimum absolute atomic E-state index is 0.0227. The van der Waals surface area contributed by atoms with Crippen molar-refractivity contribution in [1.29, 1.82) is 0 Å². The van der Waals surface area contributed by atoms with E-state index in [4.69, 9.17) is 34.4 Å². The Hall–Kier alpha value is -8.40. The maximum absolute atomic E-state index is 13.4. The standard InChI is InChI=1S/C42H66N14O16.C3H8N2O/c1-21(50-36(65)23(44)10-12-30(45)59)35(64)52-24(9-5-6-14-43)38(67)56-29(20-58)41(70)53-25(11-13-31(46)60)37(66)49-17-33(62)48-18-34(63)51-28(19-57)40(69)54-26(16-32(47)61)39(68)55-27(42(71)72)15-22-7-3-2-4-8-22;1-2(4)3(5)6/h2-4,7-8,21,23-29,57-58H,5-6,9-20,43-44H2,1H3,(H2,45,59)(H2,46,60)(H2,47,61)(H,48,62)(H,49,66)(H,50,65)(H,51,63)(H,52,64)(H,53,70)(H,54,69)(H,55,68)(H,56,67)(H,71,72);2H,4H2,1H3,(H2,5,6). The van der Waals surface area contributed by atoms with Crippen molar-refractivity contribution in [1.82, 2.24) is 47.9 Å². The van der Waals surface area contributed by atoms with E-state index < -0.39 is 183 Å². The van der Waals surface area contributed by atoms with Crippen molar-refractivity contribution in [2.75, 3.05) is 32.8 Å². The number of aliphatic hydroxyl groups is 2. The number of carboxylic acids is 1. The number of nitrogens with one attached hydrogen (secondary N) is 9. The molecule has 0 radical (unpaired) electrons. The van der Waals surface area contributed by atoms with Gasteiger partial charge in [0.15, 0.2) is 0 Å². The minimum atomic E-state index is -1.78. The van der Waals surface area contributed by atoms with E-state index in [1.54, 1.807) is 37.3 Å². The average Bonchev–Trinajstić information content (AvgIpc) is 3.37. The molecule has 33 heteroatoms. The third kappa shape index (κ3) is 29.6. The van der Waals surface area contributed by atoms with Crippen LogP contribution in [0.4, 0.5) is 0 Å². The van der Waals surface area contributed by atoms with Crippen molar-refractivity contribution >= 4 is 82.8 Å². The molecule has 0 spiro atoms. The Morgan fingerprint density at radius 3 is 1.47 bits per heavy atom. The van der Waals surface area contributed by atoms with Crippen molar-refractivity contribution in [3.05, 3.63) is 35.9 Å². The third-order valence-electron chi connectivity index (χ3n) is 10.6. The Kier molecular flexibility index (Phi) is 33.3. The summed E-state index contributed by atoms with van der Waals surface area (Å²) < 4.78 is 0. The van der Waals surface area contributed by atoms with Crippen LogP contribution in [0.15, 0.2) is 30.3 Å². The van der Waals surface area contributed by atoms with Gasteiger partial charge in [-0.15, -0.1) is 0 Å². The number of hydrogen-bond donors (Lipinski definition) is 19. The molecular weight excluding hydrogens is 1040 g/mol. The van der Waals surface area contributed by atoms with Gasteiger partial charge in [-0.1, -0.05) is 30.3 Å². The van der Waals surface area contributed by atoms with Crippen LogP contribution in [-0.4, -0.2) is 185 Å². The summed E-state index contributed by atoms with van der Waals surface area (Å²) in [4.78, 5) is 173. The number of nitrogens with two attached hydrogens (primary N) is 7. The van der Waals surface area contributed by atoms with Gasteiger partial charge in [-0.3, -0.25) is 62.3 Å². The predicted octanol–water partition coefficient (Wildman–Crippen LogP) is -10.4. The number of aliphatic hydroxyl groups excluding tert-OH is 2. The largest absolute Gasteiger partial charge is 0.480 e. The zero-order valence-electron chi connectivity index (χ0n) is 43.1. The molecular formula is C45H74N16O17. The molecule has 0 fully saturated rings. The lowest BCUT2D eigenvalue weighted by Gasteiger charge is -2.25. The molecule has 13 amide bonds. The van der Waals surface area contributed by atoms with E-state index in [-0.39, 0.29) is 32.2 Å². The quantitative estimate of drug-likeness (QED) is 0.0277. The Bertz CT molecular complexity index is 2240. The molecule has 0 saturated carbocycles. The first kappa shape index (κ1) is 69.6. The monoisotopic (exact) mass is 1110 g/mol. The van der Waals surface area contributed by atoms with E-state index in [0.717, 1.165) is 0 Å². The summed E-state index contributed by atoms with van der Waals surface area (Å²) in [6.45, 7) is -0.777. The van der Waals surface area contributed by atoms with E-state index in [1.165, 1.54) is 6.92 Å². The van der Waals surface area contributed by atoms with Crippen molar-refractivity contribution in [3.63, 3.8) is 0 Å². The summed E-state index contributed by atoms with van der Waals surface area (Å²) in [7, 11) is 0. The van der Waals surface area contributed by atoms with Crippen molar-refractivity contribution in [2.45, 2.75) is 126 Å². The number of carbonyl (C=O) groups is 14. The molecule has 9 atom stereocenters. The van der Waals surface area contributed by atoms with Crippen LogP contribution < -0.4 is 88.0 Å². The molecule has 436 valence electrons. The Morgan fingerprint density at radius 1 is 0.500 bits per heavy atom. The first-order valence-electron chi connectivity index (χ1n) is 24.1. The Balaban J connectivity index is 0.00000929. The Morgan fingerprint density at radius 2 is 0.962 bits per heavy atom. The van der Waals surface area contributed by atoms with Crippen molar-refractivity contribution in [2.24, 2.45) is 40.1 Å². The lowest BCUT2D eigenvalue weighted by Crippen LogP contribution is -2.59. The second-order valence-corrected chi connectivity index (χ2v) is 17.3. The van der Waals surface area contributed by atoms with Gasteiger partial charge in [0.25, 0.3) is 0 Å². The number of benzene rings is 1. The number of aliphatic carboxylic acids is 1. The molecule has 0 saturated heterocycles. The van der Waals surface area contributed by atoms with Crippen LogP contribution in [0.1, 0.15) is 70.8 Å². The van der Waals surface area contributed by atoms with Crippen LogP contribution in [0.5, 0.6) is 0 Å². The lowest BCUT2D eigenvalue weighted by atomic mass is 10.0. The van der Waals surface area contributed by atoms with E-state index in [1.807, 2.05) is 0 Å². The van der Waals surface area contributed by atoms with E-state index >= 15 is 0 Å². The number of amides is 13. The molecule has 0 bridgehead atoms. The van der Waals surface area contributed by atoms with E-state index in [2.05, 4.69) is 53.6 Å². The molecule has 0 aromatic heterocycles. The number of hydrogen-bond acceptors (Lipinski definition) is 19. The van der Waals surface area contributed by atoms with Gasteiger partial charge in [0, 0.05) is 19.3 Å². The highest BCUT2D eigenvalue weighted by molar-refractivity contribution is 5.98. The maximum Gasteiger partial charge on any atom is 0.326 e. The van der Waals surface area contributed by atoms with Gasteiger partial charge in [0.2, 0.25) is 76.8 Å². The van der Waals surface area contributed by atoms with Gasteiger partial charge >= 0.3 is 5.97 Å². The Labute approximate surface area is 447 Å². The van der Waals surface area contributed by atoms with Crippen LogP contribution in [-0.2, 0) is 73.5 Å². The normalized spacial score (nSPS) is 14.0. The van der Waals surface area contributed by atoms with Gasteiger partial charge in [-0.25, -0.2) is 4.79 Å². The molecule has 1 aromatic rings. The molecule has 0 aliphatic rings. The number of carbonyl (C=O) groups excluding carboxylic acids is 13. The maximum atomic E-state index is 13.4. The number of rotatable bonds is 36. The molecule has 0 aliphatic carbocycles. The SMILES string of the molecule is CC(N)C(N)=O.CC(NC(=O)C(N)CCC(N)=O)C(=O)NC(CCCCN)C(=O)NC(CO)C(=O)NC(CCC(N)=O)C(=O)NCC(=O)NCC(=O)NC(CO)C(=O)NC(CC(N)=O)C(=O)NC(Cc1ccccc1)C(=O)O. The fraction of sp³-hybridized carbons (Fsp3) is 0.556. The van der Waals surface area contributed by atoms with Gasteiger partial charge in [-0.2, -0.15) is 0 Å². The molecule has 26 N–H and O–H groups in total. The second-order valence-electron chi connectivity index (χ2n) is 17.3. The molecule has 0 heterocycles. The van der Waals surface area contributed by atoms with Gasteiger partial charge in [0.1, 0.15) is 42.3 Å². The highest BCUT2D eigenvalue weighted by Crippen LogP contribution is 2.07. The minimum Gasteiger partial charge on any atom is -0.480 e. The summed E-state index contributed by atoms with van der Waals surface area (Å²) in [6, 6.07) is -4.51. The number of unbranched alkanes of at least 4 members (excludes halogenated alkanes) is 1. The summed E-state index contributed by atoms with van der Waals surface area (Å²) in [5, 5.41) is 49.5. The molecule has 9 unspecified atom stereocenters. The summed E-state index contributed by atoms with van der Waals surface area (Å²) >= 11 is 0. The zero-order valence-corrected chi connectivity index (χ0v) is 43.1. The van der Waals surface area contributed by atoms with Crippen molar-refractivity contribution < 1.29 is 82.4 Å². The fourth-order valence-electron chi connectivity index (χ4n) is 6.14. The second kappa shape index (κ2) is 37.4. The molecule has 78 heavy (non-hydrogen) atoms. The first-order chi connectivity index (χ1) is 36.6. The highest BCUT2D eigenvalue weighted by atomic mass is 16.4. The van der Waals surface area contributed by atoms with E-state index in [9.17, 15) is 82.4 Å². The summed E-state index contributed by atoms with van der Waals surface area (Å²) in [5.41, 5.74) is 37.0. The van der Waals surface area contributed by atoms with Gasteiger partial charge in [0.05, 0.1) is 44.8 Å². The topological polar surface area (TPSA) is 590 Å². The van der Waals surface area contributed by atoms with Crippen LogP contribution >= 0.6 is 0 Å². The summed E-state index contributed by atoms with van der Waals surface area (Å²) in [6.07, 6.45) is -1.51. The van der Waals surface area contributed by atoms with Crippen LogP contribution in [0.3, 0.4) is 0 Å².